The van der Waals surface area contributed by atoms with Gasteiger partial charge in [-0.15, -0.1) is 0 Å². The summed E-state index contributed by atoms with van der Waals surface area (Å²) in [5, 5.41) is -0.450. The molecule has 0 saturated heterocycles. The Morgan fingerprint density at radius 3 is 1.94 bits per heavy atom. The molecular formula is C30H33ClF2. The predicted molar refractivity (Wildman–Crippen MR) is 135 cm³/mol. The highest BCUT2D eigenvalue weighted by Gasteiger charge is 2.22. The lowest BCUT2D eigenvalue weighted by atomic mass is 9.76. The number of hydrogen-bond donors (Lipinski definition) is 0. The predicted octanol–water partition coefficient (Wildman–Crippen LogP) is 9.53. The van der Waals surface area contributed by atoms with E-state index in [1.165, 1.54) is 80.2 Å². The van der Waals surface area contributed by atoms with E-state index < -0.39 is 16.7 Å². The van der Waals surface area contributed by atoms with Gasteiger partial charge in [-0.1, -0.05) is 73.5 Å². The van der Waals surface area contributed by atoms with Crippen molar-refractivity contribution >= 4 is 11.6 Å². The molecule has 0 aromatic heterocycles. The summed E-state index contributed by atoms with van der Waals surface area (Å²) in [7, 11) is 0. The summed E-state index contributed by atoms with van der Waals surface area (Å²) in [6.45, 7) is 2.24. The molecule has 0 aliphatic heterocycles. The van der Waals surface area contributed by atoms with Crippen molar-refractivity contribution in [3.8, 4) is 11.1 Å². The molecule has 1 fully saturated rings. The van der Waals surface area contributed by atoms with Gasteiger partial charge in [0.1, 0.15) is 16.7 Å². The number of aryl methyl sites for hydroxylation is 2. The van der Waals surface area contributed by atoms with E-state index in [0.29, 0.717) is 11.5 Å². The minimum Gasteiger partial charge on any atom is -0.205 e. The maximum absolute atomic E-state index is 13.8. The molecule has 174 valence electrons. The molecule has 0 N–H and O–H groups in total. The van der Waals surface area contributed by atoms with Gasteiger partial charge in [-0.2, -0.15) is 0 Å². The minimum atomic E-state index is -0.723. The van der Waals surface area contributed by atoms with Gasteiger partial charge >= 0.3 is 0 Å². The van der Waals surface area contributed by atoms with Crippen LogP contribution in [-0.4, -0.2) is 0 Å². The van der Waals surface area contributed by atoms with E-state index in [4.69, 9.17) is 11.6 Å². The second-order valence-corrected chi connectivity index (χ2v) is 9.93. The first kappa shape index (κ1) is 24.0. The summed E-state index contributed by atoms with van der Waals surface area (Å²) in [6, 6.07) is 20.0. The lowest BCUT2D eigenvalue weighted by molar-refractivity contribution is 0.310. The largest absolute Gasteiger partial charge is 0.205 e. The maximum Gasteiger partial charge on any atom is 0.145 e. The molecule has 33 heavy (non-hydrogen) atoms. The van der Waals surface area contributed by atoms with Crippen molar-refractivity contribution in [1.82, 2.24) is 0 Å². The van der Waals surface area contributed by atoms with Gasteiger partial charge in [-0.25, -0.2) is 8.78 Å². The highest BCUT2D eigenvalue weighted by molar-refractivity contribution is 6.31. The van der Waals surface area contributed by atoms with Crippen LogP contribution in [0.5, 0.6) is 0 Å². The maximum atomic E-state index is 13.8. The summed E-state index contributed by atoms with van der Waals surface area (Å²) in [4.78, 5) is 0. The average molecular weight is 467 g/mol. The fraction of sp³-hybridized carbons (Fsp3) is 0.400. The molecule has 3 heteroatoms. The third kappa shape index (κ3) is 6.23. The lowest BCUT2D eigenvalue weighted by Crippen LogP contribution is -2.14. The Hall–Kier alpha value is -2.19. The fourth-order valence-corrected chi connectivity index (χ4v) is 5.19. The average Bonchev–Trinajstić information content (AvgIpc) is 2.85. The summed E-state index contributed by atoms with van der Waals surface area (Å²) >= 11 is 5.59. The monoisotopic (exact) mass is 466 g/mol. The van der Waals surface area contributed by atoms with Gasteiger partial charge in [-0.05, 0) is 103 Å². The zero-order valence-corrected chi connectivity index (χ0v) is 20.2. The molecule has 0 radical (unpaired) electrons. The zero-order chi connectivity index (χ0) is 23.2. The standard InChI is InChI=1S/C30H33ClF2/c1-2-3-4-21-7-13-24(14-8-21)25-15-9-22(10-16-25)5-6-23-11-17-26(18-12-23)27-19-28(32)30(31)29(33)20-27/h7-8,11-14,17-20,22,25H,2-6,9-10,15-16H2,1H3/t22-,25-. The van der Waals surface area contributed by atoms with Crippen LogP contribution in [0.2, 0.25) is 5.02 Å². The molecule has 1 aliphatic carbocycles. The minimum absolute atomic E-state index is 0.450. The Morgan fingerprint density at radius 1 is 0.758 bits per heavy atom. The van der Waals surface area contributed by atoms with Crippen LogP contribution in [0.25, 0.3) is 11.1 Å². The van der Waals surface area contributed by atoms with Gasteiger partial charge in [-0.3, -0.25) is 0 Å². The van der Waals surface area contributed by atoms with E-state index in [2.05, 4.69) is 43.3 Å². The highest BCUT2D eigenvalue weighted by Crippen LogP contribution is 2.37. The van der Waals surface area contributed by atoms with Crippen LogP contribution in [0.1, 0.15) is 74.5 Å². The van der Waals surface area contributed by atoms with Crippen molar-refractivity contribution in [1.29, 1.82) is 0 Å². The molecule has 0 amide bonds. The van der Waals surface area contributed by atoms with Gasteiger partial charge < -0.3 is 0 Å². The molecule has 0 heterocycles. The summed E-state index contributed by atoms with van der Waals surface area (Å²) < 4.78 is 27.5. The molecule has 1 aliphatic rings. The van der Waals surface area contributed by atoms with Crippen LogP contribution in [0.15, 0.2) is 60.7 Å². The number of benzene rings is 3. The van der Waals surface area contributed by atoms with Crippen molar-refractivity contribution in [2.75, 3.05) is 0 Å². The molecule has 4 rings (SSSR count). The van der Waals surface area contributed by atoms with Crippen LogP contribution < -0.4 is 0 Å². The summed E-state index contributed by atoms with van der Waals surface area (Å²) in [5.74, 6) is 0.0442. The smallest absolute Gasteiger partial charge is 0.145 e. The first-order chi connectivity index (χ1) is 16.0. The first-order valence-electron chi connectivity index (χ1n) is 12.4. The molecule has 0 nitrogen and oxygen atoms in total. The van der Waals surface area contributed by atoms with Gasteiger partial charge in [0, 0.05) is 0 Å². The molecule has 0 spiro atoms. The summed E-state index contributed by atoms with van der Waals surface area (Å²) in [6.07, 6.45) is 11.1. The van der Waals surface area contributed by atoms with Crippen molar-refractivity contribution < 1.29 is 8.78 Å². The van der Waals surface area contributed by atoms with Crippen molar-refractivity contribution in [3.05, 3.63) is 94.0 Å². The second-order valence-electron chi connectivity index (χ2n) is 9.55. The topological polar surface area (TPSA) is 0 Å². The molecule has 3 aromatic carbocycles. The number of hydrogen-bond acceptors (Lipinski definition) is 0. The Labute approximate surface area is 202 Å². The Balaban J connectivity index is 1.26. The molecule has 0 unspecified atom stereocenters. The second kappa shape index (κ2) is 11.3. The van der Waals surface area contributed by atoms with E-state index in [1.54, 1.807) is 0 Å². The van der Waals surface area contributed by atoms with Gasteiger partial charge in [0.05, 0.1) is 0 Å². The molecular weight excluding hydrogens is 434 g/mol. The van der Waals surface area contributed by atoms with Crippen molar-refractivity contribution in [3.63, 3.8) is 0 Å². The Kier molecular flexibility index (Phi) is 8.20. The SMILES string of the molecule is CCCCc1ccc([C@H]2CC[C@H](CCc3ccc(-c4cc(F)c(Cl)c(F)c4)cc3)CC2)cc1. The van der Waals surface area contributed by atoms with Crippen LogP contribution in [0, 0.1) is 17.6 Å². The first-order valence-corrected chi connectivity index (χ1v) is 12.7. The van der Waals surface area contributed by atoms with Gasteiger partial charge in [0.15, 0.2) is 0 Å². The number of unbranched alkanes of at least 4 members (excludes halogenated alkanes) is 1. The third-order valence-corrected chi connectivity index (χ3v) is 7.59. The van der Waals surface area contributed by atoms with E-state index in [0.717, 1.165) is 17.9 Å². The van der Waals surface area contributed by atoms with E-state index >= 15 is 0 Å². The van der Waals surface area contributed by atoms with E-state index in [1.807, 2.05) is 12.1 Å². The number of rotatable bonds is 8. The van der Waals surface area contributed by atoms with Gasteiger partial charge in [0.2, 0.25) is 0 Å². The van der Waals surface area contributed by atoms with Crippen LogP contribution in [0.3, 0.4) is 0 Å². The van der Waals surface area contributed by atoms with Crippen LogP contribution in [0.4, 0.5) is 8.78 Å². The lowest BCUT2D eigenvalue weighted by Gasteiger charge is -2.29. The van der Waals surface area contributed by atoms with Crippen LogP contribution >= 0.6 is 11.6 Å². The van der Waals surface area contributed by atoms with Crippen LogP contribution in [-0.2, 0) is 12.8 Å². The van der Waals surface area contributed by atoms with Crippen molar-refractivity contribution in [2.45, 2.75) is 70.6 Å². The zero-order valence-electron chi connectivity index (χ0n) is 19.4. The quantitative estimate of drug-likeness (QED) is 0.290. The highest BCUT2D eigenvalue weighted by atomic mass is 35.5. The van der Waals surface area contributed by atoms with Crippen molar-refractivity contribution in [2.24, 2.45) is 5.92 Å². The van der Waals surface area contributed by atoms with Gasteiger partial charge in [0.25, 0.3) is 0 Å². The molecule has 0 bridgehead atoms. The third-order valence-electron chi connectivity index (χ3n) is 7.23. The normalized spacial score (nSPS) is 18.4. The Bertz CT molecular complexity index is 1010. The van der Waals surface area contributed by atoms with E-state index in [9.17, 15) is 8.78 Å². The molecule has 0 atom stereocenters. The number of halogens is 3. The fourth-order valence-electron chi connectivity index (χ4n) is 5.08. The molecule has 1 saturated carbocycles. The molecule has 3 aromatic rings. The Morgan fingerprint density at radius 2 is 1.33 bits per heavy atom. The summed E-state index contributed by atoms with van der Waals surface area (Å²) in [5.41, 5.74) is 5.57. The van der Waals surface area contributed by atoms with E-state index in [-0.39, 0.29) is 0 Å².